The molecule has 0 heterocycles. The third-order valence-electron chi connectivity index (χ3n) is 2.97. The topological polar surface area (TPSA) is 90.6 Å². The Hall–Kier alpha value is -1.89. The molecule has 2 amide bonds. The van der Waals surface area contributed by atoms with Crippen molar-refractivity contribution in [3.05, 3.63) is 24.3 Å². The lowest BCUT2D eigenvalue weighted by Gasteiger charge is -2.23. The summed E-state index contributed by atoms with van der Waals surface area (Å²) >= 11 is 1.65. The van der Waals surface area contributed by atoms with E-state index in [2.05, 4.69) is 5.32 Å². The van der Waals surface area contributed by atoms with E-state index in [1.54, 1.807) is 32.5 Å². The van der Waals surface area contributed by atoms with Crippen molar-refractivity contribution >= 4 is 23.8 Å². The molecule has 0 saturated carbocycles. The van der Waals surface area contributed by atoms with Gasteiger partial charge in [-0.1, -0.05) is 0 Å². The standard InChI is InChI=1S/C17H26N2O4S/c1-17(2,3)23-16(21)19-12(5-10-15(18)20)11-22-13-6-8-14(24-4)9-7-13/h6-9,12H,5,10-11H2,1-4H3,(H2,18,20)(H,19,21)/t12-/m0/s1. The zero-order valence-electron chi connectivity index (χ0n) is 14.6. The molecule has 7 heteroatoms. The maximum absolute atomic E-state index is 11.9. The SMILES string of the molecule is CSc1ccc(OC[C@H](CCC(N)=O)NC(=O)OC(C)(C)C)cc1. The molecular weight excluding hydrogens is 328 g/mol. The fourth-order valence-electron chi connectivity index (χ4n) is 1.86. The number of amides is 2. The Morgan fingerprint density at radius 3 is 2.38 bits per heavy atom. The van der Waals surface area contributed by atoms with E-state index in [-0.39, 0.29) is 19.1 Å². The lowest BCUT2D eigenvalue weighted by atomic mass is 10.1. The Morgan fingerprint density at radius 1 is 1.25 bits per heavy atom. The van der Waals surface area contributed by atoms with Gasteiger partial charge in [0, 0.05) is 11.3 Å². The molecular formula is C17H26N2O4S. The number of benzene rings is 1. The fourth-order valence-corrected chi connectivity index (χ4v) is 2.26. The summed E-state index contributed by atoms with van der Waals surface area (Å²) in [4.78, 5) is 24.0. The van der Waals surface area contributed by atoms with E-state index in [0.717, 1.165) is 4.90 Å². The van der Waals surface area contributed by atoms with Crippen molar-refractivity contribution in [2.24, 2.45) is 5.73 Å². The summed E-state index contributed by atoms with van der Waals surface area (Å²) in [6.07, 6.45) is 2.01. The molecule has 0 saturated heterocycles. The highest BCUT2D eigenvalue weighted by Crippen LogP contribution is 2.19. The largest absolute Gasteiger partial charge is 0.491 e. The molecule has 0 aliphatic carbocycles. The van der Waals surface area contributed by atoms with Gasteiger partial charge >= 0.3 is 6.09 Å². The van der Waals surface area contributed by atoms with Crippen molar-refractivity contribution in [2.45, 2.75) is 50.2 Å². The monoisotopic (exact) mass is 354 g/mol. The Bertz CT molecular complexity index is 541. The van der Waals surface area contributed by atoms with Crippen LogP contribution >= 0.6 is 11.8 Å². The highest BCUT2D eigenvalue weighted by atomic mass is 32.2. The van der Waals surface area contributed by atoms with Gasteiger partial charge in [-0.05, 0) is 57.7 Å². The maximum atomic E-state index is 11.9. The summed E-state index contributed by atoms with van der Waals surface area (Å²) in [5.74, 6) is 0.276. The molecule has 1 rings (SSSR count). The lowest BCUT2D eigenvalue weighted by Crippen LogP contribution is -2.42. The van der Waals surface area contributed by atoms with Crippen molar-refractivity contribution in [1.29, 1.82) is 0 Å². The fraction of sp³-hybridized carbons (Fsp3) is 0.529. The smallest absolute Gasteiger partial charge is 0.407 e. The second kappa shape index (κ2) is 9.42. The number of carbonyl (C=O) groups excluding carboxylic acids is 2. The number of primary amides is 1. The molecule has 0 fully saturated rings. The first-order valence-electron chi connectivity index (χ1n) is 7.74. The Labute approximate surface area is 147 Å². The van der Waals surface area contributed by atoms with E-state index in [1.165, 1.54) is 0 Å². The van der Waals surface area contributed by atoms with Gasteiger partial charge in [0.2, 0.25) is 5.91 Å². The molecule has 0 spiro atoms. The third kappa shape index (κ3) is 8.67. The molecule has 0 aliphatic heterocycles. The predicted molar refractivity (Wildman–Crippen MR) is 95.3 cm³/mol. The summed E-state index contributed by atoms with van der Waals surface area (Å²) in [5, 5.41) is 2.72. The molecule has 1 atom stereocenters. The summed E-state index contributed by atoms with van der Waals surface area (Å²) in [6.45, 7) is 5.59. The molecule has 0 aliphatic rings. The van der Waals surface area contributed by atoms with Gasteiger partial charge in [0.15, 0.2) is 0 Å². The van der Waals surface area contributed by atoms with Crippen molar-refractivity contribution in [3.63, 3.8) is 0 Å². The van der Waals surface area contributed by atoms with Crippen molar-refractivity contribution in [1.82, 2.24) is 5.32 Å². The number of hydrogen-bond acceptors (Lipinski definition) is 5. The minimum Gasteiger partial charge on any atom is -0.491 e. The van der Waals surface area contributed by atoms with E-state index in [9.17, 15) is 9.59 Å². The van der Waals surface area contributed by atoms with Crippen molar-refractivity contribution in [3.8, 4) is 5.75 Å². The average Bonchev–Trinajstić information content (AvgIpc) is 2.48. The van der Waals surface area contributed by atoms with Crippen LogP contribution in [0.4, 0.5) is 4.79 Å². The Morgan fingerprint density at radius 2 is 1.88 bits per heavy atom. The lowest BCUT2D eigenvalue weighted by molar-refractivity contribution is -0.118. The van der Waals surface area contributed by atoms with Crippen LogP contribution in [-0.2, 0) is 9.53 Å². The first-order valence-corrected chi connectivity index (χ1v) is 8.97. The summed E-state index contributed by atoms with van der Waals surface area (Å²) in [6, 6.07) is 7.28. The van der Waals surface area contributed by atoms with Crippen LogP contribution in [0.3, 0.4) is 0 Å². The van der Waals surface area contributed by atoms with Gasteiger partial charge in [-0.15, -0.1) is 11.8 Å². The quantitative estimate of drug-likeness (QED) is 0.701. The summed E-state index contributed by atoms with van der Waals surface area (Å²) in [5.41, 5.74) is 4.60. The predicted octanol–water partition coefficient (Wildman–Crippen LogP) is 2.95. The van der Waals surface area contributed by atoms with E-state index >= 15 is 0 Å². The average molecular weight is 354 g/mol. The molecule has 1 aromatic rings. The van der Waals surface area contributed by atoms with Gasteiger partial charge in [0.05, 0.1) is 6.04 Å². The number of alkyl carbamates (subject to hydrolysis) is 1. The molecule has 0 bridgehead atoms. The zero-order chi connectivity index (χ0) is 18.2. The van der Waals surface area contributed by atoms with Crippen LogP contribution in [-0.4, -0.2) is 36.5 Å². The van der Waals surface area contributed by atoms with Crippen LogP contribution in [0.25, 0.3) is 0 Å². The van der Waals surface area contributed by atoms with Gasteiger partial charge < -0.3 is 20.5 Å². The Kier molecular flexibility index (Phi) is 7.91. The number of nitrogens with one attached hydrogen (secondary N) is 1. The number of ether oxygens (including phenoxy) is 2. The molecule has 24 heavy (non-hydrogen) atoms. The molecule has 1 aromatic carbocycles. The van der Waals surface area contributed by atoms with E-state index in [4.69, 9.17) is 15.2 Å². The van der Waals surface area contributed by atoms with E-state index < -0.39 is 17.6 Å². The first kappa shape index (κ1) is 20.2. The van der Waals surface area contributed by atoms with Crippen LogP contribution in [0, 0.1) is 0 Å². The Balaban J connectivity index is 2.60. The van der Waals surface area contributed by atoms with Crippen LogP contribution in [0.5, 0.6) is 5.75 Å². The van der Waals surface area contributed by atoms with Gasteiger partial charge in [0.25, 0.3) is 0 Å². The van der Waals surface area contributed by atoms with Crippen molar-refractivity contribution in [2.75, 3.05) is 12.9 Å². The van der Waals surface area contributed by atoms with Crippen molar-refractivity contribution < 1.29 is 19.1 Å². The highest BCUT2D eigenvalue weighted by molar-refractivity contribution is 7.98. The second-order valence-electron chi connectivity index (χ2n) is 6.33. The van der Waals surface area contributed by atoms with Gasteiger partial charge in [0.1, 0.15) is 18.0 Å². The highest BCUT2D eigenvalue weighted by Gasteiger charge is 2.20. The first-order chi connectivity index (χ1) is 11.2. The minimum atomic E-state index is -0.590. The normalized spacial score (nSPS) is 12.3. The minimum absolute atomic E-state index is 0.162. The molecule has 0 unspecified atom stereocenters. The maximum Gasteiger partial charge on any atom is 0.407 e. The third-order valence-corrected chi connectivity index (χ3v) is 3.71. The number of rotatable bonds is 8. The summed E-state index contributed by atoms with van der Waals surface area (Å²) in [7, 11) is 0. The zero-order valence-corrected chi connectivity index (χ0v) is 15.4. The number of carbonyl (C=O) groups is 2. The van der Waals surface area contributed by atoms with Gasteiger partial charge in [-0.25, -0.2) is 4.79 Å². The van der Waals surface area contributed by atoms with E-state index in [0.29, 0.717) is 12.2 Å². The molecule has 3 N–H and O–H groups in total. The van der Waals surface area contributed by atoms with Gasteiger partial charge in [-0.3, -0.25) is 4.79 Å². The van der Waals surface area contributed by atoms with Gasteiger partial charge in [-0.2, -0.15) is 0 Å². The second-order valence-corrected chi connectivity index (χ2v) is 7.21. The van der Waals surface area contributed by atoms with E-state index in [1.807, 2.05) is 30.5 Å². The molecule has 134 valence electrons. The van der Waals surface area contributed by atoms with Crippen LogP contribution in [0.2, 0.25) is 0 Å². The molecule has 0 aromatic heterocycles. The van der Waals surface area contributed by atoms with Crippen LogP contribution < -0.4 is 15.8 Å². The number of hydrogen-bond donors (Lipinski definition) is 2. The number of thioether (sulfide) groups is 1. The van der Waals surface area contributed by atoms with Crippen LogP contribution in [0.15, 0.2) is 29.2 Å². The van der Waals surface area contributed by atoms with Crippen LogP contribution in [0.1, 0.15) is 33.6 Å². The molecule has 0 radical (unpaired) electrons. The molecule has 6 nitrogen and oxygen atoms in total. The summed E-state index contributed by atoms with van der Waals surface area (Å²) < 4.78 is 10.9. The number of nitrogens with two attached hydrogens (primary N) is 1.